The van der Waals surface area contributed by atoms with Gasteiger partial charge in [-0.2, -0.15) is 13.2 Å². The standard InChI is InChI=1S/C12H10F3NO2/c1-7-2-3-8(6-9(7)12(13,14)15)16-5-4-10(17)11(16)18/h2-3,6H,4-5H2,1H3. The van der Waals surface area contributed by atoms with Crippen LogP contribution in [-0.4, -0.2) is 18.2 Å². The van der Waals surface area contributed by atoms with E-state index in [1.807, 2.05) is 0 Å². The van der Waals surface area contributed by atoms with Crippen LogP contribution >= 0.6 is 0 Å². The number of aryl methyl sites for hydroxylation is 1. The molecule has 0 bridgehead atoms. The molecule has 0 unspecified atom stereocenters. The third kappa shape index (κ3) is 2.10. The van der Waals surface area contributed by atoms with Crippen LogP contribution in [0.4, 0.5) is 18.9 Å². The second kappa shape index (κ2) is 4.12. The molecule has 3 nitrogen and oxygen atoms in total. The molecule has 1 aromatic rings. The van der Waals surface area contributed by atoms with Gasteiger partial charge < -0.3 is 4.90 Å². The molecule has 0 N–H and O–H groups in total. The third-order valence-corrected chi connectivity index (χ3v) is 2.88. The van der Waals surface area contributed by atoms with Crippen LogP contribution in [0.5, 0.6) is 0 Å². The Bertz CT molecular complexity index is 523. The molecule has 1 aliphatic rings. The first-order valence-corrected chi connectivity index (χ1v) is 5.33. The molecule has 0 atom stereocenters. The van der Waals surface area contributed by atoms with Gasteiger partial charge in [-0.25, -0.2) is 0 Å². The first kappa shape index (κ1) is 12.6. The summed E-state index contributed by atoms with van der Waals surface area (Å²) in [6.07, 6.45) is -4.42. The molecule has 2 rings (SSSR count). The summed E-state index contributed by atoms with van der Waals surface area (Å²) in [4.78, 5) is 23.6. The van der Waals surface area contributed by atoms with Crippen molar-refractivity contribution in [1.29, 1.82) is 0 Å². The number of amides is 1. The number of carbonyl (C=O) groups is 2. The number of benzene rings is 1. The monoisotopic (exact) mass is 257 g/mol. The summed E-state index contributed by atoms with van der Waals surface area (Å²) >= 11 is 0. The van der Waals surface area contributed by atoms with Crippen LogP contribution in [0.2, 0.25) is 0 Å². The maximum atomic E-state index is 12.7. The molecule has 1 fully saturated rings. The van der Waals surface area contributed by atoms with Crippen molar-refractivity contribution in [2.75, 3.05) is 11.4 Å². The Balaban J connectivity index is 2.42. The maximum Gasteiger partial charge on any atom is 0.416 e. The molecule has 0 radical (unpaired) electrons. The fraction of sp³-hybridized carbons (Fsp3) is 0.333. The fourth-order valence-electron chi connectivity index (χ4n) is 1.90. The van der Waals surface area contributed by atoms with Gasteiger partial charge >= 0.3 is 6.18 Å². The molecular weight excluding hydrogens is 247 g/mol. The van der Waals surface area contributed by atoms with Gasteiger partial charge in [0.25, 0.3) is 5.91 Å². The molecule has 1 heterocycles. The second-order valence-corrected chi connectivity index (χ2v) is 4.13. The van der Waals surface area contributed by atoms with Crippen molar-refractivity contribution in [3.8, 4) is 0 Å². The van der Waals surface area contributed by atoms with Gasteiger partial charge in [0.05, 0.1) is 5.56 Å². The van der Waals surface area contributed by atoms with Gasteiger partial charge in [-0.3, -0.25) is 9.59 Å². The van der Waals surface area contributed by atoms with Gasteiger partial charge in [-0.15, -0.1) is 0 Å². The van der Waals surface area contributed by atoms with E-state index in [0.717, 1.165) is 11.0 Å². The van der Waals surface area contributed by atoms with Gasteiger partial charge in [-0.05, 0) is 24.6 Å². The minimum atomic E-state index is -4.47. The smallest absolute Gasteiger partial charge is 0.305 e. The van der Waals surface area contributed by atoms with Gasteiger partial charge in [0, 0.05) is 18.7 Å². The lowest BCUT2D eigenvalue weighted by Gasteiger charge is -2.18. The zero-order valence-electron chi connectivity index (χ0n) is 9.54. The van der Waals surface area contributed by atoms with E-state index in [2.05, 4.69) is 0 Å². The van der Waals surface area contributed by atoms with Crippen LogP contribution in [0.3, 0.4) is 0 Å². The molecule has 96 valence electrons. The molecule has 1 aliphatic heterocycles. The van der Waals surface area contributed by atoms with Crippen molar-refractivity contribution in [2.24, 2.45) is 0 Å². The summed E-state index contributed by atoms with van der Waals surface area (Å²) in [6.45, 7) is 1.49. The summed E-state index contributed by atoms with van der Waals surface area (Å²) in [7, 11) is 0. The molecule has 18 heavy (non-hydrogen) atoms. The lowest BCUT2D eigenvalue weighted by atomic mass is 10.1. The van der Waals surface area contributed by atoms with Crippen LogP contribution in [0, 0.1) is 6.92 Å². The zero-order valence-corrected chi connectivity index (χ0v) is 9.54. The van der Waals surface area contributed by atoms with Gasteiger partial charge in [0.1, 0.15) is 0 Å². The molecule has 0 saturated carbocycles. The summed E-state index contributed by atoms with van der Waals surface area (Å²) in [5, 5.41) is 0. The van der Waals surface area contributed by atoms with Crippen LogP contribution in [0.1, 0.15) is 17.5 Å². The quantitative estimate of drug-likeness (QED) is 0.724. The minimum absolute atomic E-state index is 0.0497. The van der Waals surface area contributed by atoms with Gasteiger partial charge in [-0.1, -0.05) is 6.07 Å². The minimum Gasteiger partial charge on any atom is -0.305 e. The highest BCUT2D eigenvalue weighted by molar-refractivity contribution is 6.43. The number of halogens is 3. The fourth-order valence-corrected chi connectivity index (χ4v) is 1.90. The Hall–Kier alpha value is -1.85. The normalized spacial score (nSPS) is 16.6. The van der Waals surface area contributed by atoms with E-state index in [9.17, 15) is 22.8 Å². The average Bonchev–Trinajstić information content (AvgIpc) is 2.59. The van der Waals surface area contributed by atoms with Gasteiger partial charge in [0.2, 0.25) is 5.78 Å². The number of rotatable bonds is 1. The second-order valence-electron chi connectivity index (χ2n) is 4.13. The molecule has 6 heteroatoms. The third-order valence-electron chi connectivity index (χ3n) is 2.88. The van der Waals surface area contributed by atoms with E-state index < -0.39 is 23.4 Å². The Morgan fingerprint density at radius 3 is 2.39 bits per heavy atom. The Labute approximate surface area is 101 Å². The summed E-state index contributed by atoms with van der Waals surface area (Å²) in [5.41, 5.74) is -0.583. The van der Waals surface area contributed by atoms with E-state index in [1.54, 1.807) is 0 Å². The largest absolute Gasteiger partial charge is 0.416 e. The van der Waals surface area contributed by atoms with E-state index in [0.29, 0.717) is 0 Å². The number of Topliss-reactive ketones (excluding diaryl/α,β-unsaturated/α-hetero) is 1. The molecule has 1 saturated heterocycles. The van der Waals surface area contributed by atoms with Crippen molar-refractivity contribution < 1.29 is 22.8 Å². The SMILES string of the molecule is Cc1ccc(N2CCC(=O)C2=O)cc1C(F)(F)F. The van der Waals surface area contributed by atoms with Crippen LogP contribution in [0.25, 0.3) is 0 Å². The maximum absolute atomic E-state index is 12.7. The lowest BCUT2D eigenvalue weighted by Crippen LogP contribution is -2.27. The van der Waals surface area contributed by atoms with Gasteiger partial charge in [0.15, 0.2) is 0 Å². The van der Waals surface area contributed by atoms with E-state index in [1.165, 1.54) is 19.1 Å². The van der Waals surface area contributed by atoms with Crippen LogP contribution in [0.15, 0.2) is 18.2 Å². The zero-order chi connectivity index (χ0) is 13.5. The molecule has 0 aliphatic carbocycles. The predicted molar refractivity (Wildman–Crippen MR) is 58.2 cm³/mol. The first-order chi connectivity index (χ1) is 8.30. The number of hydrogen-bond acceptors (Lipinski definition) is 2. The highest BCUT2D eigenvalue weighted by Crippen LogP contribution is 2.34. The average molecular weight is 257 g/mol. The lowest BCUT2D eigenvalue weighted by molar-refractivity contribution is -0.138. The van der Waals surface area contributed by atoms with Crippen LogP contribution < -0.4 is 4.90 Å². The number of carbonyl (C=O) groups excluding carboxylic acids is 2. The first-order valence-electron chi connectivity index (χ1n) is 5.33. The number of ketones is 1. The van der Waals surface area contributed by atoms with Crippen LogP contribution in [-0.2, 0) is 15.8 Å². The molecular formula is C12H10F3NO2. The van der Waals surface area contributed by atoms with Crippen molar-refractivity contribution >= 4 is 17.4 Å². The highest BCUT2D eigenvalue weighted by Gasteiger charge is 2.35. The van der Waals surface area contributed by atoms with Crippen molar-refractivity contribution in [3.63, 3.8) is 0 Å². The van der Waals surface area contributed by atoms with E-state index in [4.69, 9.17) is 0 Å². The topological polar surface area (TPSA) is 37.4 Å². The molecule has 0 spiro atoms. The summed E-state index contributed by atoms with van der Waals surface area (Å²) in [6, 6.07) is 3.63. The van der Waals surface area contributed by atoms with Crippen molar-refractivity contribution in [1.82, 2.24) is 0 Å². The van der Waals surface area contributed by atoms with Crippen molar-refractivity contribution in [2.45, 2.75) is 19.5 Å². The number of hydrogen-bond donors (Lipinski definition) is 0. The Kier molecular flexibility index (Phi) is 2.88. The molecule has 1 amide bonds. The van der Waals surface area contributed by atoms with Crippen molar-refractivity contribution in [3.05, 3.63) is 29.3 Å². The predicted octanol–water partition coefficient (Wildman–Crippen LogP) is 2.32. The number of alkyl halides is 3. The number of nitrogens with zero attached hydrogens (tertiary/aromatic N) is 1. The van der Waals surface area contributed by atoms with E-state index in [-0.39, 0.29) is 24.2 Å². The Morgan fingerprint density at radius 1 is 1.22 bits per heavy atom. The van der Waals surface area contributed by atoms with E-state index >= 15 is 0 Å². The Morgan fingerprint density at radius 2 is 1.89 bits per heavy atom. The molecule has 1 aromatic carbocycles. The number of anilines is 1. The summed E-state index contributed by atoms with van der Waals surface area (Å²) < 4.78 is 38.2. The highest BCUT2D eigenvalue weighted by atomic mass is 19.4. The summed E-state index contributed by atoms with van der Waals surface area (Å²) in [5.74, 6) is -1.31. The molecule has 0 aromatic heterocycles.